The molecular weight excluding hydrogens is 1030 g/mol. The van der Waals surface area contributed by atoms with Crippen LogP contribution in [-0.2, 0) is 94.9 Å². The van der Waals surface area contributed by atoms with Gasteiger partial charge in [0.15, 0.2) is 0 Å². The molecule has 0 saturated heterocycles. The van der Waals surface area contributed by atoms with Crippen molar-refractivity contribution in [2.24, 2.45) is 0 Å². The SMILES string of the molecule is C=C(C)C(=O)OCC(C)OCC(C)OCC(C)OCC(C)OCC(C)OCC(C)OCC(C)OCC(C)OCC(C)OCC(C)OCC(C)OCC(C)OCC(C)OCC(C)OCC(C)OCC(C)OCC(C)OC(=O)C(=C)C. The summed E-state index contributed by atoms with van der Waals surface area (Å²) in [6.45, 7) is 50.1. The summed E-state index contributed by atoms with van der Waals surface area (Å²) in [5.41, 5.74) is 0.712. The van der Waals surface area contributed by atoms with Crippen LogP contribution in [-0.4, -0.2) is 228 Å². The van der Waals surface area contributed by atoms with Gasteiger partial charge in [-0.25, -0.2) is 9.59 Å². The molecule has 79 heavy (non-hydrogen) atoms. The Labute approximate surface area is 477 Å². The van der Waals surface area contributed by atoms with Gasteiger partial charge < -0.3 is 85.3 Å². The van der Waals surface area contributed by atoms with E-state index < -0.39 is 11.9 Å². The first-order valence-electron chi connectivity index (χ1n) is 28.7. The predicted octanol–water partition coefficient (Wildman–Crippen LogP) is 8.10. The molecule has 0 heterocycles. The zero-order valence-electron chi connectivity index (χ0n) is 52.4. The number of hydrogen-bond donors (Lipinski definition) is 0. The van der Waals surface area contributed by atoms with Crippen molar-refractivity contribution in [3.8, 4) is 0 Å². The molecule has 0 aliphatic carbocycles. The molecule has 17 unspecified atom stereocenters. The van der Waals surface area contributed by atoms with Crippen LogP contribution in [0.5, 0.6) is 0 Å². The quantitative estimate of drug-likeness (QED) is 0.0417. The van der Waals surface area contributed by atoms with Crippen LogP contribution in [0.25, 0.3) is 0 Å². The molecule has 0 rings (SSSR count). The highest BCUT2D eigenvalue weighted by atomic mass is 16.6. The zero-order valence-corrected chi connectivity index (χ0v) is 52.4. The molecule has 0 radical (unpaired) electrons. The van der Waals surface area contributed by atoms with E-state index in [1.807, 2.05) is 111 Å². The maximum absolute atomic E-state index is 11.7. The summed E-state index contributed by atoms with van der Waals surface area (Å²) in [5.74, 6) is -0.855. The van der Waals surface area contributed by atoms with Gasteiger partial charge in [-0.15, -0.1) is 0 Å². The molecule has 0 spiro atoms. The van der Waals surface area contributed by atoms with E-state index in [2.05, 4.69) is 13.2 Å². The van der Waals surface area contributed by atoms with Crippen molar-refractivity contribution in [1.82, 2.24) is 0 Å². The highest BCUT2D eigenvalue weighted by Gasteiger charge is 2.19. The summed E-state index contributed by atoms with van der Waals surface area (Å²) in [5, 5.41) is 0. The highest BCUT2D eigenvalue weighted by Crippen LogP contribution is 2.10. The summed E-state index contributed by atoms with van der Waals surface area (Å²) in [4.78, 5) is 23.2. The number of rotatable bonds is 53. The standard InChI is InChI=1S/C59H112O20/c1-39(2)58(60)78-37-56(20)76-35-54(18)74-33-52(16)72-31-50(14)70-29-48(12)68-27-46(10)66-25-44(8)64-23-42(6)62-22-41(5)63-24-43(7)65-26-45(9)67-28-47(11)69-30-49(13)71-32-51(15)73-34-53(17)75-36-55(19)77-38-57(21)79-59(61)40(3)4/h41-57H,1,3,22-38H2,2,4-21H3. The van der Waals surface area contributed by atoms with Crippen molar-refractivity contribution in [2.45, 2.75) is 235 Å². The fourth-order valence-electron chi connectivity index (χ4n) is 6.20. The van der Waals surface area contributed by atoms with Gasteiger partial charge in [-0.3, -0.25) is 0 Å². The monoisotopic (exact) mass is 1140 g/mol. The van der Waals surface area contributed by atoms with E-state index in [0.29, 0.717) is 110 Å². The Morgan fingerprint density at radius 1 is 0.228 bits per heavy atom. The van der Waals surface area contributed by atoms with Gasteiger partial charge >= 0.3 is 11.9 Å². The van der Waals surface area contributed by atoms with Gasteiger partial charge in [0, 0.05) is 11.1 Å². The topological polar surface area (TPSA) is 200 Å². The van der Waals surface area contributed by atoms with Crippen LogP contribution in [0, 0.1) is 0 Å². The second kappa shape index (κ2) is 46.2. The number of carbonyl (C=O) groups excluding carboxylic acids is 2. The van der Waals surface area contributed by atoms with Crippen molar-refractivity contribution in [2.75, 3.05) is 112 Å². The number of hydrogen-bond acceptors (Lipinski definition) is 20. The number of esters is 2. The normalized spacial score (nSPS) is 18.6. The lowest BCUT2D eigenvalue weighted by molar-refractivity contribution is -0.148. The van der Waals surface area contributed by atoms with Crippen molar-refractivity contribution in [1.29, 1.82) is 0 Å². The molecule has 0 amide bonds. The van der Waals surface area contributed by atoms with E-state index in [1.54, 1.807) is 20.8 Å². The van der Waals surface area contributed by atoms with E-state index in [0.717, 1.165) is 0 Å². The first-order valence-corrected chi connectivity index (χ1v) is 28.7. The molecule has 0 N–H and O–H groups in total. The Bertz CT molecular complexity index is 1540. The van der Waals surface area contributed by atoms with Gasteiger partial charge in [0.25, 0.3) is 0 Å². The molecule has 468 valence electrons. The molecule has 0 bridgehead atoms. The maximum Gasteiger partial charge on any atom is 0.333 e. The lowest BCUT2D eigenvalue weighted by Crippen LogP contribution is -2.31. The van der Waals surface area contributed by atoms with Gasteiger partial charge in [-0.2, -0.15) is 0 Å². The minimum atomic E-state index is -0.428. The van der Waals surface area contributed by atoms with Crippen molar-refractivity contribution in [3.63, 3.8) is 0 Å². The van der Waals surface area contributed by atoms with E-state index >= 15 is 0 Å². The third kappa shape index (κ3) is 45.9. The largest absolute Gasteiger partial charge is 0.460 e. The fourth-order valence-corrected chi connectivity index (χ4v) is 6.20. The Kier molecular flexibility index (Phi) is 44.9. The first-order chi connectivity index (χ1) is 37.1. The average Bonchev–Trinajstić information content (AvgIpc) is 3.40. The molecule has 0 saturated carbocycles. The maximum atomic E-state index is 11.7. The molecular formula is C59H112O20. The second-order valence-corrected chi connectivity index (χ2v) is 21.7. The van der Waals surface area contributed by atoms with Crippen LogP contribution in [0.15, 0.2) is 24.3 Å². The molecule has 0 aromatic heterocycles. The van der Waals surface area contributed by atoms with Gasteiger partial charge in [0.05, 0.1) is 203 Å². The molecule has 20 nitrogen and oxygen atoms in total. The Hall–Kier alpha value is -2.22. The minimum Gasteiger partial charge on any atom is -0.460 e. The smallest absolute Gasteiger partial charge is 0.333 e. The van der Waals surface area contributed by atoms with E-state index in [4.69, 9.17) is 85.3 Å². The molecule has 0 aliphatic heterocycles. The average molecular weight is 1140 g/mol. The van der Waals surface area contributed by atoms with Gasteiger partial charge in [-0.05, 0) is 132 Å². The van der Waals surface area contributed by atoms with Crippen LogP contribution >= 0.6 is 0 Å². The second-order valence-electron chi connectivity index (χ2n) is 21.7. The van der Waals surface area contributed by atoms with Crippen molar-refractivity contribution in [3.05, 3.63) is 24.3 Å². The van der Waals surface area contributed by atoms with Crippen LogP contribution in [0.2, 0.25) is 0 Å². The van der Waals surface area contributed by atoms with Crippen LogP contribution < -0.4 is 0 Å². The lowest BCUT2D eigenvalue weighted by atomic mass is 10.3. The molecule has 0 aromatic rings. The van der Waals surface area contributed by atoms with Gasteiger partial charge in [0.2, 0.25) is 0 Å². The minimum absolute atomic E-state index is 0.122. The fraction of sp³-hybridized carbons (Fsp3) is 0.898. The van der Waals surface area contributed by atoms with Crippen LogP contribution in [0.3, 0.4) is 0 Å². The third-order valence-electron chi connectivity index (χ3n) is 11.3. The van der Waals surface area contributed by atoms with Gasteiger partial charge in [-0.1, -0.05) is 13.2 Å². The summed E-state index contributed by atoms with van der Waals surface area (Å²) in [6, 6.07) is 0. The molecule has 0 fully saturated rings. The zero-order chi connectivity index (χ0) is 59.9. The first kappa shape index (κ1) is 76.8. The van der Waals surface area contributed by atoms with Crippen molar-refractivity contribution >= 4 is 11.9 Å². The van der Waals surface area contributed by atoms with Crippen LogP contribution in [0.1, 0.15) is 132 Å². The molecule has 0 aliphatic rings. The van der Waals surface area contributed by atoms with E-state index in [9.17, 15) is 9.59 Å². The number of carbonyl (C=O) groups is 2. The highest BCUT2D eigenvalue weighted by molar-refractivity contribution is 5.87. The number of ether oxygens (including phenoxy) is 18. The Morgan fingerprint density at radius 3 is 0.494 bits per heavy atom. The van der Waals surface area contributed by atoms with E-state index in [1.165, 1.54) is 0 Å². The molecule has 17 atom stereocenters. The Balaban J connectivity index is 4.04. The summed E-state index contributed by atoms with van der Waals surface area (Å²) < 4.78 is 105. The van der Waals surface area contributed by atoms with Crippen LogP contribution in [0.4, 0.5) is 0 Å². The summed E-state index contributed by atoms with van der Waals surface area (Å²) >= 11 is 0. The summed E-state index contributed by atoms with van der Waals surface area (Å²) in [7, 11) is 0. The van der Waals surface area contributed by atoms with Crippen molar-refractivity contribution < 1.29 is 94.9 Å². The van der Waals surface area contributed by atoms with Gasteiger partial charge in [0.1, 0.15) is 12.7 Å². The summed E-state index contributed by atoms with van der Waals surface area (Å²) in [6.07, 6.45) is -2.57. The lowest BCUT2D eigenvalue weighted by Gasteiger charge is -2.24. The van der Waals surface area contributed by atoms with E-state index in [-0.39, 0.29) is 117 Å². The molecule has 20 heteroatoms. The predicted molar refractivity (Wildman–Crippen MR) is 303 cm³/mol. The molecule has 0 aromatic carbocycles. The third-order valence-corrected chi connectivity index (χ3v) is 11.3. The Morgan fingerprint density at radius 2 is 0.354 bits per heavy atom.